The maximum absolute atomic E-state index is 13.0. The standard InChI is InChI=1S/C26H24F3N7O3/c1-39-25(38)35-11-2-3-17(14-35)23-34-20(21-22(30)32-10-12-36(21)23)15-4-6-16(7-5-15)24(37)33-19-13-18(8-9-31-19)26(27,28)29/h4-10,12-13,17H,2-3,11,14H2,1H3,(H2,30,32)(H,31,33,37)/t17-/m0/s1. The number of rotatable bonds is 4. The molecule has 0 aliphatic carbocycles. The van der Waals surface area contributed by atoms with Crippen LogP contribution < -0.4 is 11.1 Å². The Morgan fingerprint density at radius 2 is 1.90 bits per heavy atom. The largest absolute Gasteiger partial charge is 0.453 e. The average Bonchev–Trinajstić information content (AvgIpc) is 3.33. The lowest BCUT2D eigenvalue weighted by Gasteiger charge is -2.31. The lowest BCUT2D eigenvalue weighted by molar-refractivity contribution is -0.137. The third-order valence-electron chi connectivity index (χ3n) is 6.58. The van der Waals surface area contributed by atoms with Crippen LogP contribution in [0.5, 0.6) is 0 Å². The summed E-state index contributed by atoms with van der Waals surface area (Å²) in [6.07, 6.45) is 0.981. The van der Waals surface area contributed by atoms with Crippen LogP contribution in [-0.4, -0.2) is 56.5 Å². The number of hydrogen-bond acceptors (Lipinski definition) is 7. The quantitative estimate of drug-likeness (QED) is 0.388. The highest BCUT2D eigenvalue weighted by Crippen LogP contribution is 2.34. The van der Waals surface area contributed by atoms with Crippen molar-refractivity contribution in [2.45, 2.75) is 24.9 Å². The number of methoxy groups -OCH3 is 1. The minimum absolute atomic E-state index is 0.0640. The lowest BCUT2D eigenvalue weighted by atomic mass is 9.97. The summed E-state index contributed by atoms with van der Waals surface area (Å²) < 4.78 is 45.7. The predicted molar refractivity (Wildman–Crippen MR) is 136 cm³/mol. The van der Waals surface area contributed by atoms with E-state index in [0.717, 1.165) is 37.0 Å². The van der Waals surface area contributed by atoms with Gasteiger partial charge in [0.2, 0.25) is 0 Å². The number of nitrogens with one attached hydrogen (secondary N) is 1. The van der Waals surface area contributed by atoms with E-state index >= 15 is 0 Å². The number of piperidine rings is 1. The molecule has 5 rings (SSSR count). The maximum Gasteiger partial charge on any atom is 0.416 e. The van der Waals surface area contributed by atoms with Crippen molar-refractivity contribution in [3.8, 4) is 11.3 Å². The van der Waals surface area contributed by atoms with Gasteiger partial charge < -0.3 is 20.7 Å². The molecule has 3 aromatic heterocycles. The number of halogens is 3. The summed E-state index contributed by atoms with van der Waals surface area (Å²) in [6.45, 7) is 1.04. The highest BCUT2D eigenvalue weighted by Gasteiger charge is 2.31. The number of ether oxygens (including phenoxy) is 1. The van der Waals surface area contributed by atoms with Gasteiger partial charge in [-0.3, -0.25) is 9.20 Å². The number of hydrogen-bond donors (Lipinski definition) is 2. The van der Waals surface area contributed by atoms with Gasteiger partial charge in [-0.1, -0.05) is 12.1 Å². The molecule has 1 atom stereocenters. The molecule has 10 nitrogen and oxygen atoms in total. The summed E-state index contributed by atoms with van der Waals surface area (Å²) in [5.41, 5.74) is 7.34. The van der Waals surface area contributed by atoms with Crippen molar-refractivity contribution in [2.24, 2.45) is 0 Å². The van der Waals surface area contributed by atoms with Crippen LogP contribution in [0.2, 0.25) is 0 Å². The van der Waals surface area contributed by atoms with Crippen LogP contribution >= 0.6 is 0 Å². The summed E-state index contributed by atoms with van der Waals surface area (Å²) >= 11 is 0. The molecule has 3 N–H and O–H groups in total. The number of aromatic nitrogens is 4. The van der Waals surface area contributed by atoms with E-state index in [1.165, 1.54) is 19.2 Å². The molecule has 13 heteroatoms. The second kappa shape index (κ2) is 10.2. The van der Waals surface area contributed by atoms with Crippen molar-refractivity contribution >= 4 is 29.2 Å². The summed E-state index contributed by atoms with van der Waals surface area (Å²) in [5, 5.41) is 2.39. The number of amides is 2. The van der Waals surface area contributed by atoms with Crippen molar-refractivity contribution in [3.63, 3.8) is 0 Å². The van der Waals surface area contributed by atoms with Gasteiger partial charge in [0.1, 0.15) is 28.7 Å². The Morgan fingerprint density at radius 3 is 2.62 bits per heavy atom. The summed E-state index contributed by atoms with van der Waals surface area (Å²) in [4.78, 5) is 39.3. The molecule has 0 spiro atoms. The molecule has 1 aliphatic heterocycles. The van der Waals surface area contributed by atoms with Gasteiger partial charge in [0.05, 0.1) is 12.7 Å². The molecule has 1 fully saturated rings. The fourth-order valence-electron chi connectivity index (χ4n) is 4.70. The van der Waals surface area contributed by atoms with Crippen molar-refractivity contribution in [3.05, 3.63) is 71.9 Å². The number of nitrogens with zero attached hydrogens (tertiary/aromatic N) is 5. The zero-order valence-corrected chi connectivity index (χ0v) is 20.8. The van der Waals surface area contributed by atoms with E-state index in [1.807, 2.05) is 4.40 Å². The number of fused-ring (bicyclic) bond motifs is 1. The van der Waals surface area contributed by atoms with Gasteiger partial charge in [-0.05, 0) is 37.1 Å². The first kappa shape index (κ1) is 25.9. The number of carbonyl (C=O) groups is 2. The molecule has 2 amide bonds. The third-order valence-corrected chi connectivity index (χ3v) is 6.58. The molecule has 1 saturated heterocycles. The Kier molecular flexibility index (Phi) is 6.81. The van der Waals surface area contributed by atoms with Gasteiger partial charge in [0, 0.05) is 48.7 Å². The van der Waals surface area contributed by atoms with E-state index in [4.69, 9.17) is 15.5 Å². The van der Waals surface area contributed by atoms with Crippen molar-refractivity contribution < 1.29 is 27.5 Å². The minimum atomic E-state index is -4.55. The van der Waals surface area contributed by atoms with Gasteiger partial charge in [-0.25, -0.2) is 19.7 Å². The van der Waals surface area contributed by atoms with Crippen LogP contribution in [0.1, 0.15) is 40.5 Å². The van der Waals surface area contributed by atoms with Crippen LogP contribution in [0.3, 0.4) is 0 Å². The van der Waals surface area contributed by atoms with Crippen LogP contribution in [0.4, 0.5) is 29.6 Å². The third kappa shape index (κ3) is 5.19. The lowest BCUT2D eigenvalue weighted by Crippen LogP contribution is -2.39. The fraction of sp³-hybridized carbons (Fsp3) is 0.269. The van der Waals surface area contributed by atoms with E-state index in [9.17, 15) is 22.8 Å². The molecule has 0 saturated carbocycles. The Labute approximate surface area is 220 Å². The first-order valence-corrected chi connectivity index (χ1v) is 12.1. The van der Waals surface area contributed by atoms with Crippen LogP contribution in [0, 0.1) is 0 Å². The fourth-order valence-corrected chi connectivity index (χ4v) is 4.70. The zero-order chi connectivity index (χ0) is 27.7. The molecule has 0 unspecified atom stereocenters. The normalized spacial score (nSPS) is 15.8. The molecule has 1 aliphatic rings. The molecular weight excluding hydrogens is 515 g/mol. The van der Waals surface area contributed by atoms with Crippen LogP contribution in [-0.2, 0) is 10.9 Å². The van der Waals surface area contributed by atoms with Gasteiger partial charge in [-0.15, -0.1) is 0 Å². The number of anilines is 2. The van der Waals surface area contributed by atoms with E-state index in [-0.39, 0.29) is 23.1 Å². The van der Waals surface area contributed by atoms with Crippen LogP contribution in [0.25, 0.3) is 16.8 Å². The monoisotopic (exact) mass is 539 g/mol. The second-order valence-electron chi connectivity index (χ2n) is 9.06. The number of imidazole rings is 1. The maximum atomic E-state index is 13.0. The highest BCUT2D eigenvalue weighted by atomic mass is 19.4. The summed E-state index contributed by atoms with van der Waals surface area (Å²) in [7, 11) is 1.35. The Bertz CT molecular complexity index is 1540. The summed E-state index contributed by atoms with van der Waals surface area (Å²) in [5.74, 6) is 0.0985. The number of nitrogens with two attached hydrogens (primary N) is 1. The van der Waals surface area contributed by atoms with E-state index in [0.29, 0.717) is 29.9 Å². The van der Waals surface area contributed by atoms with Gasteiger partial charge >= 0.3 is 12.3 Å². The second-order valence-corrected chi connectivity index (χ2v) is 9.06. The van der Waals surface area contributed by atoms with Crippen molar-refractivity contribution in [2.75, 3.05) is 31.2 Å². The van der Waals surface area contributed by atoms with E-state index < -0.39 is 23.7 Å². The number of nitrogen functional groups attached to an aromatic ring is 1. The molecule has 202 valence electrons. The SMILES string of the molecule is COC(=O)N1CCC[C@H](c2nc(-c3ccc(C(=O)Nc4cc(C(F)(F)F)ccn4)cc3)c3c(N)nccn23)C1. The zero-order valence-electron chi connectivity index (χ0n) is 20.8. The smallest absolute Gasteiger partial charge is 0.416 e. The topological polar surface area (TPSA) is 128 Å². The van der Waals surface area contributed by atoms with E-state index in [2.05, 4.69) is 15.3 Å². The number of pyridine rings is 1. The Balaban J connectivity index is 1.43. The highest BCUT2D eigenvalue weighted by molar-refractivity contribution is 6.04. The first-order valence-electron chi connectivity index (χ1n) is 12.1. The van der Waals surface area contributed by atoms with Gasteiger partial charge in [-0.2, -0.15) is 13.2 Å². The van der Waals surface area contributed by atoms with Crippen LogP contribution in [0.15, 0.2) is 55.0 Å². The molecule has 39 heavy (non-hydrogen) atoms. The molecule has 0 radical (unpaired) electrons. The van der Waals surface area contributed by atoms with Crippen molar-refractivity contribution in [1.29, 1.82) is 0 Å². The number of benzene rings is 1. The van der Waals surface area contributed by atoms with Gasteiger partial charge in [0.15, 0.2) is 0 Å². The molecule has 1 aromatic carbocycles. The number of carbonyl (C=O) groups excluding carboxylic acids is 2. The molecular formula is C26H24F3N7O3. The van der Waals surface area contributed by atoms with Crippen molar-refractivity contribution in [1.82, 2.24) is 24.3 Å². The van der Waals surface area contributed by atoms with E-state index in [1.54, 1.807) is 29.4 Å². The minimum Gasteiger partial charge on any atom is -0.453 e. The predicted octanol–water partition coefficient (Wildman–Crippen LogP) is 4.59. The molecule has 0 bridgehead atoms. The molecule has 4 heterocycles. The average molecular weight is 540 g/mol. The number of likely N-dealkylation sites (tertiary alicyclic amines) is 1. The van der Waals surface area contributed by atoms with Gasteiger partial charge in [0.25, 0.3) is 5.91 Å². The molecule has 4 aromatic rings. The Hall–Kier alpha value is -4.68. The number of alkyl halides is 3. The Morgan fingerprint density at radius 1 is 1.13 bits per heavy atom. The summed E-state index contributed by atoms with van der Waals surface area (Å²) in [6, 6.07) is 8.02. The first-order chi connectivity index (χ1) is 18.7.